The van der Waals surface area contributed by atoms with Crippen LogP contribution in [0.3, 0.4) is 0 Å². The maximum atomic E-state index is 11.6. The van der Waals surface area contributed by atoms with Crippen molar-refractivity contribution in [1.29, 1.82) is 0 Å². The van der Waals surface area contributed by atoms with Crippen LogP contribution in [0.15, 0.2) is 18.3 Å². The van der Waals surface area contributed by atoms with Crippen molar-refractivity contribution in [3.05, 3.63) is 23.4 Å². The van der Waals surface area contributed by atoms with Gasteiger partial charge in [0.2, 0.25) is 5.82 Å². The van der Waals surface area contributed by atoms with Gasteiger partial charge in [0.05, 0.1) is 11.1 Å². The van der Waals surface area contributed by atoms with Gasteiger partial charge in [-0.1, -0.05) is 21.5 Å². The van der Waals surface area contributed by atoms with Gasteiger partial charge in [-0.05, 0) is 25.0 Å². The summed E-state index contributed by atoms with van der Waals surface area (Å²) < 4.78 is 15.5. The van der Waals surface area contributed by atoms with E-state index in [0.717, 1.165) is 12.8 Å². The average Bonchev–Trinajstić information content (AvgIpc) is 3.21. The van der Waals surface area contributed by atoms with Crippen molar-refractivity contribution < 1.29 is 24.2 Å². The molecule has 1 aliphatic heterocycles. The number of hydrogen-bond donors (Lipinski definition) is 1. The summed E-state index contributed by atoms with van der Waals surface area (Å²) in [7, 11) is 0. The smallest absolute Gasteiger partial charge is 0.344 e. The van der Waals surface area contributed by atoms with Gasteiger partial charge in [-0.25, -0.2) is 4.79 Å². The molecule has 1 atom stereocenters. The van der Waals surface area contributed by atoms with Crippen molar-refractivity contribution in [3.63, 3.8) is 0 Å². The van der Waals surface area contributed by atoms with Gasteiger partial charge < -0.3 is 19.4 Å². The number of ether oxygens (including phenoxy) is 3. The molecule has 0 radical (unpaired) electrons. The summed E-state index contributed by atoms with van der Waals surface area (Å²) in [4.78, 5) is 20.1. The number of hydrogen-bond acceptors (Lipinski definition) is 8. The summed E-state index contributed by atoms with van der Waals surface area (Å²) in [5.74, 6) is -0.500. The van der Waals surface area contributed by atoms with E-state index < -0.39 is 5.97 Å². The minimum absolute atomic E-state index is 0.0497. The molecular weight excluding hydrogens is 340 g/mol. The second-order valence-electron chi connectivity index (χ2n) is 5.08. The molecule has 1 unspecified atom stereocenters. The fraction of sp³-hybridized carbons (Fsp3) is 0.429. The Balaban J connectivity index is 1.53. The number of carbonyl (C=O) groups is 1. The second-order valence-corrected chi connectivity index (χ2v) is 5.51. The Kier molecular flexibility index (Phi) is 5.11. The summed E-state index contributed by atoms with van der Waals surface area (Å²) in [6.45, 7) is 0.520. The lowest BCUT2D eigenvalue weighted by Crippen LogP contribution is -2.22. The molecule has 1 fully saturated rings. The lowest BCUT2D eigenvalue weighted by Gasteiger charge is -2.09. The first kappa shape index (κ1) is 16.5. The summed E-state index contributed by atoms with van der Waals surface area (Å²) in [5, 5.41) is 13.8. The summed E-state index contributed by atoms with van der Waals surface area (Å²) in [5.41, 5.74) is 0.352. The predicted octanol–water partition coefficient (Wildman–Crippen LogP) is 1.33. The molecule has 9 nitrogen and oxygen atoms in total. The van der Waals surface area contributed by atoms with Crippen LogP contribution in [-0.4, -0.2) is 57.0 Å². The zero-order valence-corrected chi connectivity index (χ0v) is 13.3. The van der Waals surface area contributed by atoms with Gasteiger partial charge in [0.15, 0.2) is 6.61 Å². The van der Waals surface area contributed by atoms with Gasteiger partial charge in [-0.2, -0.15) is 4.98 Å². The third-order valence-corrected chi connectivity index (χ3v) is 3.52. The van der Waals surface area contributed by atoms with Crippen LogP contribution in [0.1, 0.15) is 12.8 Å². The molecule has 3 rings (SSSR count). The van der Waals surface area contributed by atoms with Crippen LogP contribution >= 0.6 is 11.6 Å². The quantitative estimate of drug-likeness (QED) is 0.611. The van der Waals surface area contributed by atoms with Crippen LogP contribution < -0.4 is 4.74 Å². The number of carbonyl (C=O) groups excluding carboxylic acids is 1. The maximum Gasteiger partial charge on any atom is 0.344 e. The lowest BCUT2D eigenvalue weighted by atomic mass is 10.2. The van der Waals surface area contributed by atoms with Gasteiger partial charge in [0, 0.05) is 12.8 Å². The molecule has 2 aromatic heterocycles. The van der Waals surface area contributed by atoms with Crippen molar-refractivity contribution in [2.75, 3.05) is 19.8 Å². The van der Waals surface area contributed by atoms with Crippen molar-refractivity contribution in [2.45, 2.75) is 18.9 Å². The molecule has 1 aliphatic rings. The lowest BCUT2D eigenvalue weighted by molar-refractivity contribution is -0.149. The van der Waals surface area contributed by atoms with Gasteiger partial charge in [-0.3, -0.25) is 4.98 Å². The van der Waals surface area contributed by atoms with Crippen LogP contribution in [0.4, 0.5) is 0 Å². The first-order chi connectivity index (χ1) is 11.6. The molecule has 24 heavy (non-hydrogen) atoms. The molecule has 10 heteroatoms. The molecule has 1 saturated heterocycles. The van der Waals surface area contributed by atoms with E-state index in [4.69, 9.17) is 25.8 Å². The standard InChI is InChI=1S/C14H15ClN4O5/c15-9-3-4-11(16-6-9)13-17-14(18-19(13)21)24-8-12(20)23-7-10-2-1-5-22-10/h3-4,6,10,21H,1-2,5,7-8H2. The van der Waals surface area contributed by atoms with Gasteiger partial charge in [-0.15, -0.1) is 0 Å². The van der Waals surface area contributed by atoms with Crippen LogP contribution in [-0.2, 0) is 14.3 Å². The summed E-state index contributed by atoms with van der Waals surface area (Å²) in [6.07, 6.45) is 3.21. The van der Waals surface area contributed by atoms with Gasteiger partial charge >= 0.3 is 12.0 Å². The van der Waals surface area contributed by atoms with Crippen molar-refractivity contribution in [1.82, 2.24) is 19.9 Å². The molecule has 0 aliphatic carbocycles. The zero-order valence-electron chi connectivity index (χ0n) is 12.6. The normalized spacial score (nSPS) is 17.0. The number of rotatable bonds is 6. The highest BCUT2D eigenvalue weighted by molar-refractivity contribution is 6.30. The molecule has 0 aromatic carbocycles. The van der Waals surface area contributed by atoms with E-state index in [-0.39, 0.29) is 31.2 Å². The predicted molar refractivity (Wildman–Crippen MR) is 80.9 cm³/mol. The Morgan fingerprint density at radius 1 is 1.50 bits per heavy atom. The van der Waals surface area contributed by atoms with Gasteiger partial charge in [0.25, 0.3) is 0 Å². The van der Waals surface area contributed by atoms with Crippen molar-refractivity contribution >= 4 is 17.6 Å². The summed E-state index contributed by atoms with van der Waals surface area (Å²) in [6, 6.07) is 3.00. The molecule has 0 bridgehead atoms. The molecule has 0 amide bonds. The number of pyridine rings is 1. The Labute approximate surface area is 142 Å². The average molecular weight is 355 g/mol. The van der Waals surface area contributed by atoms with Crippen LogP contribution in [0, 0.1) is 0 Å². The highest BCUT2D eigenvalue weighted by Gasteiger charge is 2.19. The molecule has 0 spiro atoms. The Hall–Kier alpha value is -2.39. The first-order valence-corrected chi connectivity index (χ1v) is 7.68. The monoisotopic (exact) mass is 354 g/mol. The number of esters is 1. The van der Waals surface area contributed by atoms with E-state index in [1.165, 1.54) is 6.20 Å². The van der Waals surface area contributed by atoms with E-state index in [1.807, 2.05) is 0 Å². The summed E-state index contributed by atoms with van der Waals surface area (Å²) >= 11 is 5.75. The fourth-order valence-electron chi connectivity index (χ4n) is 2.14. The molecular formula is C14H15ClN4O5. The largest absolute Gasteiger partial charge is 0.460 e. The third kappa shape index (κ3) is 4.12. The Bertz CT molecular complexity index is 700. The highest BCUT2D eigenvalue weighted by Crippen LogP contribution is 2.18. The fourth-order valence-corrected chi connectivity index (χ4v) is 2.25. The zero-order chi connectivity index (χ0) is 16.9. The number of halogens is 1. The highest BCUT2D eigenvalue weighted by atomic mass is 35.5. The Morgan fingerprint density at radius 3 is 3.08 bits per heavy atom. The third-order valence-electron chi connectivity index (χ3n) is 3.30. The first-order valence-electron chi connectivity index (χ1n) is 7.30. The van der Waals surface area contributed by atoms with Crippen LogP contribution in [0.25, 0.3) is 11.5 Å². The van der Waals surface area contributed by atoms with Gasteiger partial charge in [0.1, 0.15) is 12.3 Å². The van der Waals surface area contributed by atoms with Crippen LogP contribution in [0.2, 0.25) is 5.02 Å². The van der Waals surface area contributed by atoms with Crippen LogP contribution in [0.5, 0.6) is 6.01 Å². The molecule has 0 saturated carbocycles. The molecule has 2 aromatic rings. The number of aromatic nitrogens is 4. The van der Waals surface area contributed by atoms with Crippen molar-refractivity contribution in [2.24, 2.45) is 0 Å². The van der Waals surface area contributed by atoms with E-state index >= 15 is 0 Å². The molecule has 3 heterocycles. The molecule has 1 N–H and O–H groups in total. The molecule has 128 valence electrons. The van der Waals surface area contributed by atoms with E-state index in [1.54, 1.807) is 12.1 Å². The maximum absolute atomic E-state index is 11.6. The number of nitrogens with zero attached hydrogens (tertiary/aromatic N) is 4. The van der Waals surface area contributed by atoms with E-state index in [9.17, 15) is 10.0 Å². The topological polar surface area (TPSA) is 109 Å². The minimum Gasteiger partial charge on any atom is -0.460 e. The van der Waals surface area contributed by atoms with E-state index in [0.29, 0.717) is 22.2 Å². The minimum atomic E-state index is -0.564. The van der Waals surface area contributed by atoms with E-state index in [2.05, 4.69) is 15.1 Å². The second kappa shape index (κ2) is 7.45. The SMILES string of the molecule is O=C(COc1nc(-c2ccc(Cl)cn2)n(O)n1)OCC1CCCO1. The van der Waals surface area contributed by atoms with Crippen molar-refractivity contribution in [3.8, 4) is 17.5 Å². The Morgan fingerprint density at radius 2 is 2.38 bits per heavy atom.